The second-order valence-electron chi connectivity index (χ2n) is 7.32. The van der Waals surface area contributed by atoms with Crippen LogP contribution in [-0.4, -0.2) is 34.6 Å². The van der Waals surface area contributed by atoms with Gasteiger partial charge < -0.3 is 4.90 Å². The summed E-state index contributed by atoms with van der Waals surface area (Å²) >= 11 is 5.65. The molecule has 0 aromatic heterocycles. The summed E-state index contributed by atoms with van der Waals surface area (Å²) in [5, 5.41) is 0. The zero-order valence-corrected chi connectivity index (χ0v) is 17.8. The van der Waals surface area contributed by atoms with Crippen LogP contribution in [0, 0.1) is 0 Å². The molecule has 1 aliphatic rings. The third-order valence-electron chi connectivity index (χ3n) is 5.16. The number of nitrogens with zero attached hydrogens (tertiary/aromatic N) is 3. The second-order valence-corrected chi connectivity index (χ2v) is 7.71. The molecule has 3 aromatic carbocycles. The highest BCUT2D eigenvalue weighted by molar-refractivity contribution is 7.80. The molecule has 1 heterocycles. The van der Waals surface area contributed by atoms with Crippen LogP contribution in [0.4, 0.5) is 0 Å². The molecule has 0 bridgehead atoms. The number of aliphatic imine (C=N–C) groups is 2. The van der Waals surface area contributed by atoms with Gasteiger partial charge in [0.1, 0.15) is 10.8 Å². The monoisotopic (exact) mass is 411 g/mol. The molecule has 4 heteroatoms. The van der Waals surface area contributed by atoms with Crippen molar-refractivity contribution in [1.82, 2.24) is 4.90 Å². The Bertz CT molecular complexity index is 1020. The van der Waals surface area contributed by atoms with Crippen LogP contribution in [0.5, 0.6) is 0 Å². The summed E-state index contributed by atoms with van der Waals surface area (Å²) in [6.07, 6.45) is 3.65. The minimum Gasteiger partial charge on any atom is -0.356 e. The van der Waals surface area contributed by atoms with Gasteiger partial charge in [-0.05, 0) is 19.3 Å². The first kappa shape index (κ1) is 20.2. The Labute approximate surface area is 183 Å². The van der Waals surface area contributed by atoms with Crippen molar-refractivity contribution in [3.05, 3.63) is 108 Å². The summed E-state index contributed by atoms with van der Waals surface area (Å²) in [4.78, 5) is 12.8. The van der Waals surface area contributed by atoms with E-state index in [0.717, 1.165) is 35.6 Å². The van der Waals surface area contributed by atoms with Gasteiger partial charge in [-0.3, -0.25) is 0 Å². The van der Waals surface area contributed by atoms with Gasteiger partial charge in [0.05, 0.1) is 0 Å². The molecular formula is C26H25N3S. The third kappa shape index (κ3) is 5.08. The fraction of sp³-hybridized carbons (Fsp3) is 0.192. The van der Waals surface area contributed by atoms with Gasteiger partial charge in [-0.1, -0.05) is 103 Å². The van der Waals surface area contributed by atoms with Gasteiger partial charge in [0.25, 0.3) is 0 Å². The SMILES string of the molecule is S=C(N=C(N=C(c1ccccc1)N1CCCCC1)c1ccccc1)c1ccccc1. The van der Waals surface area contributed by atoms with Crippen molar-refractivity contribution in [3.63, 3.8) is 0 Å². The van der Waals surface area contributed by atoms with E-state index in [2.05, 4.69) is 29.2 Å². The number of likely N-dealkylation sites (tertiary alicyclic amines) is 1. The molecule has 1 fully saturated rings. The van der Waals surface area contributed by atoms with Crippen LogP contribution in [0.2, 0.25) is 0 Å². The Hall–Kier alpha value is -3.11. The molecule has 0 atom stereocenters. The molecule has 0 N–H and O–H groups in total. The predicted octanol–water partition coefficient (Wildman–Crippen LogP) is 5.74. The van der Waals surface area contributed by atoms with E-state index in [1.807, 2.05) is 66.7 Å². The smallest absolute Gasteiger partial charge is 0.163 e. The number of benzene rings is 3. The van der Waals surface area contributed by atoms with Gasteiger partial charge in [0.2, 0.25) is 0 Å². The Morgan fingerprint density at radius 3 is 1.67 bits per heavy atom. The van der Waals surface area contributed by atoms with Crippen molar-refractivity contribution in [1.29, 1.82) is 0 Å². The van der Waals surface area contributed by atoms with Crippen molar-refractivity contribution >= 4 is 28.9 Å². The van der Waals surface area contributed by atoms with Crippen molar-refractivity contribution in [2.45, 2.75) is 19.3 Å². The van der Waals surface area contributed by atoms with E-state index >= 15 is 0 Å². The number of thiocarbonyl (C=S) groups is 1. The minimum atomic E-state index is 0.546. The lowest BCUT2D eigenvalue weighted by Gasteiger charge is -2.30. The van der Waals surface area contributed by atoms with Crippen LogP contribution in [0.3, 0.4) is 0 Å². The number of rotatable bonds is 3. The summed E-state index contributed by atoms with van der Waals surface area (Å²) in [5.41, 5.74) is 2.99. The fourth-order valence-electron chi connectivity index (χ4n) is 3.59. The van der Waals surface area contributed by atoms with Crippen molar-refractivity contribution < 1.29 is 0 Å². The average Bonchev–Trinajstić information content (AvgIpc) is 2.84. The van der Waals surface area contributed by atoms with Gasteiger partial charge in [0, 0.05) is 29.8 Å². The maximum absolute atomic E-state index is 5.65. The molecule has 0 spiro atoms. The average molecular weight is 412 g/mol. The number of piperidine rings is 1. The van der Waals surface area contributed by atoms with Crippen molar-refractivity contribution in [2.75, 3.05) is 13.1 Å². The van der Waals surface area contributed by atoms with E-state index in [1.54, 1.807) is 0 Å². The number of amidine groups is 2. The maximum atomic E-state index is 5.65. The molecular weight excluding hydrogens is 386 g/mol. The largest absolute Gasteiger partial charge is 0.356 e. The van der Waals surface area contributed by atoms with E-state index < -0.39 is 0 Å². The predicted molar refractivity (Wildman–Crippen MR) is 130 cm³/mol. The van der Waals surface area contributed by atoms with Gasteiger partial charge in [-0.15, -0.1) is 0 Å². The minimum absolute atomic E-state index is 0.546. The van der Waals surface area contributed by atoms with Crippen LogP contribution >= 0.6 is 12.2 Å². The Kier molecular flexibility index (Phi) is 6.78. The highest BCUT2D eigenvalue weighted by Gasteiger charge is 2.18. The number of hydrogen-bond acceptors (Lipinski definition) is 1. The van der Waals surface area contributed by atoms with E-state index in [1.165, 1.54) is 19.3 Å². The highest BCUT2D eigenvalue weighted by atomic mass is 32.1. The zero-order valence-electron chi connectivity index (χ0n) is 16.9. The maximum Gasteiger partial charge on any atom is 0.163 e. The topological polar surface area (TPSA) is 28.0 Å². The Morgan fingerprint density at radius 2 is 1.10 bits per heavy atom. The van der Waals surface area contributed by atoms with E-state index in [-0.39, 0.29) is 0 Å². The lowest BCUT2D eigenvalue weighted by Crippen LogP contribution is -2.37. The molecule has 0 saturated carbocycles. The molecule has 150 valence electrons. The van der Waals surface area contributed by atoms with E-state index in [0.29, 0.717) is 10.8 Å². The third-order valence-corrected chi connectivity index (χ3v) is 5.49. The van der Waals surface area contributed by atoms with Gasteiger partial charge in [-0.2, -0.15) is 0 Å². The Morgan fingerprint density at radius 1 is 0.600 bits per heavy atom. The molecule has 0 aliphatic carbocycles. The van der Waals surface area contributed by atoms with Crippen molar-refractivity contribution in [3.8, 4) is 0 Å². The highest BCUT2D eigenvalue weighted by Crippen LogP contribution is 2.16. The molecule has 0 radical (unpaired) electrons. The molecule has 1 aliphatic heterocycles. The summed E-state index contributed by atoms with van der Waals surface area (Å²) in [5.74, 6) is 1.61. The molecule has 0 amide bonds. The normalized spacial score (nSPS) is 15.1. The lowest BCUT2D eigenvalue weighted by molar-refractivity contribution is 0.343. The summed E-state index contributed by atoms with van der Waals surface area (Å²) in [6, 6.07) is 30.4. The van der Waals surface area contributed by atoms with Crippen LogP contribution in [0.1, 0.15) is 36.0 Å². The summed E-state index contributed by atoms with van der Waals surface area (Å²) < 4.78 is 0. The lowest BCUT2D eigenvalue weighted by atomic mass is 10.1. The van der Waals surface area contributed by atoms with Crippen molar-refractivity contribution in [2.24, 2.45) is 9.98 Å². The summed E-state index contributed by atoms with van der Waals surface area (Å²) in [7, 11) is 0. The van der Waals surface area contributed by atoms with Crippen LogP contribution in [0.15, 0.2) is 101 Å². The Balaban J connectivity index is 1.80. The van der Waals surface area contributed by atoms with Gasteiger partial charge >= 0.3 is 0 Å². The first-order chi connectivity index (χ1) is 14.8. The van der Waals surface area contributed by atoms with E-state index in [9.17, 15) is 0 Å². The molecule has 1 saturated heterocycles. The molecule has 3 aromatic rings. The van der Waals surface area contributed by atoms with Crippen LogP contribution in [0.25, 0.3) is 0 Å². The zero-order chi connectivity index (χ0) is 20.6. The quantitative estimate of drug-likeness (QED) is 0.312. The van der Waals surface area contributed by atoms with Crippen LogP contribution < -0.4 is 0 Å². The van der Waals surface area contributed by atoms with Gasteiger partial charge in [-0.25, -0.2) is 9.98 Å². The summed E-state index contributed by atoms with van der Waals surface area (Å²) in [6.45, 7) is 2.03. The van der Waals surface area contributed by atoms with Crippen LogP contribution in [-0.2, 0) is 0 Å². The standard InChI is InChI=1S/C26H25N3S/c30-26(23-17-9-3-10-18-23)28-24(21-13-5-1-6-14-21)27-25(22-15-7-2-8-16-22)29-19-11-4-12-20-29/h1-3,5-10,13-18H,4,11-12,19-20H2. The fourth-order valence-corrected chi connectivity index (χ4v) is 3.82. The molecule has 30 heavy (non-hydrogen) atoms. The first-order valence-electron chi connectivity index (χ1n) is 10.4. The molecule has 0 unspecified atom stereocenters. The van der Waals surface area contributed by atoms with Gasteiger partial charge in [0.15, 0.2) is 5.84 Å². The number of hydrogen-bond donors (Lipinski definition) is 0. The second kappa shape index (κ2) is 10.1. The molecule has 3 nitrogen and oxygen atoms in total. The van der Waals surface area contributed by atoms with E-state index in [4.69, 9.17) is 22.2 Å². The molecule has 4 rings (SSSR count). The first-order valence-corrected chi connectivity index (χ1v) is 10.8.